The Labute approximate surface area is 186 Å². The summed E-state index contributed by atoms with van der Waals surface area (Å²) in [6, 6.07) is 15.4. The Balaban J connectivity index is 1.34. The minimum atomic E-state index is -0.327. The van der Waals surface area contributed by atoms with Crippen molar-refractivity contribution in [3.05, 3.63) is 75.7 Å². The zero-order chi connectivity index (χ0) is 22.3. The first-order valence-electron chi connectivity index (χ1n) is 10.7. The van der Waals surface area contributed by atoms with Crippen molar-refractivity contribution in [3.8, 4) is 17.1 Å². The monoisotopic (exact) mass is 434 g/mol. The normalized spacial score (nSPS) is 13.0. The SMILES string of the molecule is COCCOc1ccc(-c2nnc(CCC(=O)N3CCc4ccccc4C3)c(=O)[nH]2)cc1. The minimum Gasteiger partial charge on any atom is -0.491 e. The summed E-state index contributed by atoms with van der Waals surface area (Å²) in [4.78, 5) is 29.7. The van der Waals surface area contributed by atoms with Crippen molar-refractivity contribution in [1.29, 1.82) is 0 Å². The van der Waals surface area contributed by atoms with Crippen LogP contribution < -0.4 is 10.3 Å². The molecule has 32 heavy (non-hydrogen) atoms. The Morgan fingerprint density at radius 1 is 1.06 bits per heavy atom. The lowest BCUT2D eigenvalue weighted by molar-refractivity contribution is -0.132. The van der Waals surface area contributed by atoms with Gasteiger partial charge in [-0.1, -0.05) is 24.3 Å². The third-order valence-electron chi connectivity index (χ3n) is 5.51. The molecule has 1 aliphatic rings. The Hall–Kier alpha value is -3.52. The standard InChI is InChI=1S/C24H26N4O4/c1-31-14-15-32-20-8-6-18(7-9-20)23-25-24(30)21(26-27-23)10-11-22(29)28-13-12-17-4-2-3-5-19(17)16-28/h2-9H,10-16H2,1H3,(H,25,27,30). The molecular formula is C24H26N4O4. The van der Waals surface area contributed by atoms with Gasteiger partial charge in [0.15, 0.2) is 5.82 Å². The van der Waals surface area contributed by atoms with Crippen LogP contribution in [0.5, 0.6) is 5.75 Å². The number of nitrogens with one attached hydrogen (secondary N) is 1. The van der Waals surface area contributed by atoms with Crippen molar-refractivity contribution in [2.45, 2.75) is 25.8 Å². The van der Waals surface area contributed by atoms with Gasteiger partial charge < -0.3 is 19.4 Å². The summed E-state index contributed by atoms with van der Waals surface area (Å²) in [7, 11) is 1.62. The fraction of sp³-hybridized carbons (Fsp3) is 0.333. The molecule has 8 heteroatoms. The first-order chi connectivity index (χ1) is 15.6. The van der Waals surface area contributed by atoms with E-state index in [1.165, 1.54) is 11.1 Å². The van der Waals surface area contributed by atoms with Gasteiger partial charge in [-0.05, 0) is 41.8 Å². The Morgan fingerprint density at radius 3 is 2.59 bits per heavy atom. The molecular weight excluding hydrogens is 408 g/mol. The molecule has 0 bridgehead atoms. The lowest BCUT2D eigenvalue weighted by Gasteiger charge is -2.28. The molecule has 0 radical (unpaired) electrons. The van der Waals surface area contributed by atoms with Gasteiger partial charge in [-0.3, -0.25) is 9.59 Å². The van der Waals surface area contributed by atoms with Crippen molar-refractivity contribution in [2.75, 3.05) is 26.9 Å². The topological polar surface area (TPSA) is 97.4 Å². The van der Waals surface area contributed by atoms with Crippen LogP contribution in [0.3, 0.4) is 0 Å². The number of carbonyl (C=O) groups is 1. The van der Waals surface area contributed by atoms with E-state index in [0.717, 1.165) is 12.0 Å². The second-order valence-electron chi connectivity index (χ2n) is 7.65. The van der Waals surface area contributed by atoms with Gasteiger partial charge in [-0.25, -0.2) is 0 Å². The maximum absolute atomic E-state index is 12.7. The van der Waals surface area contributed by atoms with E-state index in [1.54, 1.807) is 31.4 Å². The average Bonchev–Trinajstić information content (AvgIpc) is 2.83. The van der Waals surface area contributed by atoms with Crippen LogP contribution in [-0.4, -0.2) is 52.9 Å². The third-order valence-corrected chi connectivity index (χ3v) is 5.51. The molecule has 0 atom stereocenters. The van der Waals surface area contributed by atoms with Gasteiger partial charge in [-0.2, -0.15) is 0 Å². The molecule has 4 rings (SSSR count). The number of hydrogen-bond donors (Lipinski definition) is 1. The van der Waals surface area contributed by atoms with Gasteiger partial charge in [0, 0.05) is 38.6 Å². The van der Waals surface area contributed by atoms with Crippen LogP contribution in [0.25, 0.3) is 11.4 Å². The number of aryl methyl sites for hydroxylation is 1. The molecule has 2 aromatic carbocycles. The number of H-pyrrole nitrogens is 1. The van der Waals surface area contributed by atoms with Crippen LogP contribution in [0, 0.1) is 0 Å². The second kappa shape index (κ2) is 10.2. The minimum absolute atomic E-state index is 0.0221. The third kappa shape index (κ3) is 5.20. The van der Waals surface area contributed by atoms with E-state index in [4.69, 9.17) is 9.47 Å². The maximum Gasteiger partial charge on any atom is 0.273 e. The number of benzene rings is 2. The Bertz CT molecular complexity index is 1130. The lowest BCUT2D eigenvalue weighted by atomic mass is 9.99. The quantitative estimate of drug-likeness (QED) is 0.547. The largest absolute Gasteiger partial charge is 0.491 e. The van der Waals surface area contributed by atoms with E-state index in [-0.39, 0.29) is 30.0 Å². The zero-order valence-electron chi connectivity index (χ0n) is 18.0. The predicted octanol–water partition coefficient (Wildman–Crippen LogP) is 2.37. The number of fused-ring (bicyclic) bond motifs is 1. The van der Waals surface area contributed by atoms with Gasteiger partial charge >= 0.3 is 0 Å². The van der Waals surface area contributed by atoms with Gasteiger partial charge in [-0.15, -0.1) is 10.2 Å². The Kier molecular flexibility index (Phi) is 6.91. The molecule has 3 aromatic rings. The van der Waals surface area contributed by atoms with E-state index >= 15 is 0 Å². The zero-order valence-corrected chi connectivity index (χ0v) is 18.0. The second-order valence-corrected chi connectivity index (χ2v) is 7.65. The van der Waals surface area contributed by atoms with E-state index < -0.39 is 0 Å². The predicted molar refractivity (Wildman–Crippen MR) is 119 cm³/mol. The van der Waals surface area contributed by atoms with Crippen molar-refractivity contribution >= 4 is 5.91 Å². The van der Waals surface area contributed by atoms with E-state index in [1.807, 2.05) is 17.0 Å². The molecule has 1 amide bonds. The fourth-order valence-corrected chi connectivity index (χ4v) is 3.70. The molecule has 166 valence electrons. The highest BCUT2D eigenvalue weighted by atomic mass is 16.5. The molecule has 0 spiro atoms. The highest BCUT2D eigenvalue weighted by Gasteiger charge is 2.20. The van der Waals surface area contributed by atoms with Crippen LogP contribution in [0.1, 0.15) is 23.2 Å². The van der Waals surface area contributed by atoms with Crippen molar-refractivity contribution in [1.82, 2.24) is 20.1 Å². The number of amides is 1. The Morgan fingerprint density at radius 2 is 1.84 bits per heavy atom. The van der Waals surface area contributed by atoms with Gasteiger partial charge in [0.2, 0.25) is 5.91 Å². The van der Waals surface area contributed by atoms with Crippen LogP contribution >= 0.6 is 0 Å². The molecule has 0 fully saturated rings. The number of nitrogens with zero attached hydrogens (tertiary/aromatic N) is 3. The van der Waals surface area contributed by atoms with Crippen molar-refractivity contribution < 1.29 is 14.3 Å². The molecule has 0 saturated heterocycles. The lowest BCUT2D eigenvalue weighted by Crippen LogP contribution is -2.36. The summed E-state index contributed by atoms with van der Waals surface area (Å²) in [6.07, 6.45) is 1.34. The molecule has 2 heterocycles. The fourth-order valence-electron chi connectivity index (χ4n) is 3.70. The summed E-state index contributed by atoms with van der Waals surface area (Å²) < 4.78 is 10.5. The number of aromatic amines is 1. The average molecular weight is 434 g/mol. The summed E-state index contributed by atoms with van der Waals surface area (Å²) in [5.74, 6) is 1.10. The van der Waals surface area contributed by atoms with E-state index in [9.17, 15) is 9.59 Å². The molecule has 1 N–H and O–H groups in total. The maximum atomic E-state index is 12.7. The van der Waals surface area contributed by atoms with Gasteiger partial charge in [0.1, 0.15) is 18.1 Å². The highest BCUT2D eigenvalue weighted by molar-refractivity contribution is 5.76. The van der Waals surface area contributed by atoms with Crippen molar-refractivity contribution in [2.24, 2.45) is 0 Å². The number of hydrogen-bond acceptors (Lipinski definition) is 6. The molecule has 0 aliphatic carbocycles. The molecule has 0 saturated carbocycles. The molecule has 1 aliphatic heterocycles. The number of methoxy groups -OCH3 is 1. The first kappa shape index (κ1) is 21.7. The van der Waals surface area contributed by atoms with Crippen LogP contribution in [0.4, 0.5) is 0 Å². The molecule has 1 aromatic heterocycles. The van der Waals surface area contributed by atoms with Crippen molar-refractivity contribution in [3.63, 3.8) is 0 Å². The summed E-state index contributed by atoms with van der Waals surface area (Å²) >= 11 is 0. The van der Waals surface area contributed by atoms with Gasteiger partial charge in [0.05, 0.1) is 6.61 Å². The van der Waals surface area contributed by atoms with Crippen LogP contribution in [0.15, 0.2) is 53.3 Å². The molecule has 8 nitrogen and oxygen atoms in total. The number of rotatable bonds is 8. The van der Waals surface area contributed by atoms with E-state index in [0.29, 0.717) is 37.9 Å². The first-order valence-corrected chi connectivity index (χ1v) is 10.7. The van der Waals surface area contributed by atoms with Gasteiger partial charge in [0.25, 0.3) is 5.56 Å². The highest BCUT2D eigenvalue weighted by Crippen LogP contribution is 2.20. The van der Waals surface area contributed by atoms with E-state index in [2.05, 4.69) is 27.3 Å². The molecule has 0 unspecified atom stereocenters. The van der Waals surface area contributed by atoms with Crippen LogP contribution in [-0.2, 0) is 28.9 Å². The van der Waals surface area contributed by atoms with Crippen LogP contribution in [0.2, 0.25) is 0 Å². The summed E-state index contributed by atoms with van der Waals surface area (Å²) in [6.45, 7) is 2.28. The summed E-state index contributed by atoms with van der Waals surface area (Å²) in [5, 5.41) is 8.22. The summed E-state index contributed by atoms with van der Waals surface area (Å²) in [5.41, 5.74) is 3.14. The number of ether oxygens (including phenoxy) is 2. The number of carbonyl (C=O) groups excluding carboxylic acids is 1. The number of aromatic nitrogens is 3. The smallest absolute Gasteiger partial charge is 0.273 e.